The van der Waals surface area contributed by atoms with Gasteiger partial charge in [0, 0.05) is 48.5 Å². The summed E-state index contributed by atoms with van der Waals surface area (Å²) in [6.07, 6.45) is 8.51. The minimum atomic E-state index is 0.279. The molecule has 1 aromatic carbocycles. The highest BCUT2D eigenvalue weighted by atomic mass is 16.2. The van der Waals surface area contributed by atoms with E-state index >= 15 is 0 Å². The number of aromatic nitrogens is 2. The number of amides is 1. The van der Waals surface area contributed by atoms with Gasteiger partial charge in [-0.2, -0.15) is 0 Å². The highest BCUT2D eigenvalue weighted by Crippen LogP contribution is 2.22. The average Bonchev–Trinajstić information content (AvgIpc) is 3.10. The lowest BCUT2D eigenvalue weighted by Crippen LogP contribution is -2.40. The summed E-state index contributed by atoms with van der Waals surface area (Å²) in [4.78, 5) is 22.5. The Hall–Kier alpha value is -2.62. The Labute approximate surface area is 154 Å². The van der Waals surface area contributed by atoms with Crippen LogP contribution in [0.1, 0.15) is 30.5 Å². The van der Waals surface area contributed by atoms with Crippen LogP contribution in [0.25, 0.3) is 10.9 Å². The molecule has 1 saturated heterocycles. The molecule has 1 amide bonds. The quantitative estimate of drug-likeness (QED) is 0.759. The maximum atomic E-state index is 12.7. The van der Waals surface area contributed by atoms with Gasteiger partial charge in [-0.3, -0.25) is 9.78 Å². The van der Waals surface area contributed by atoms with E-state index in [1.54, 1.807) is 0 Å². The van der Waals surface area contributed by atoms with Crippen LogP contribution < -0.4 is 0 Å². The van der Waals surface area contributed by atoms with Gasteiger partial charge in [0.1, 0.15) is 0 Å². The van der Waals surface area contributed by atoms with Gasteiger partial charge in [-0.25, -0.2) is 0 Å². The van der Waals surface area contributed by atoms with Crippen molar-refractivity contribution in [2.24, 2.45) is 5.92 Å². The van der Waals surface area contributed by atoms with Crippen molar-refractivity contribution in [1.29, 1.82) is 0 Å². The summed E-state index contributed by atoms with van der Waals surface area (Å²) in [6.45, 7) is 1.76. The number of likely N-dealkylation sites (tertiary alicyclic amines) is 1. The molecule has 1 N–H and O–H groups in total. The predicted octanol–water partition coefficient (Wildman–Crippen LogP) is 3.98. The topological polar surface area (TPSA) is 49.0 Å². The van der Waals surface area contributed by atoms with Crippen LogP contribution in [0.15, 0.2) is 54.9 Å². The molecule has 1 aliphatic rings. The third-order valence-corrected chi connectivity index (χ3v) is 5.38. The lowest BCUT2D eigenvalue weighted by molar-refractivity contribution is -0.132. The van der Waals surface area contributed by atoms with E-state index < -0.39 is 0 Å². The van der Waals surface area contributed by atoms with Crippen molar-refractivity contribution in [2.45, 2.75) is 32.1 Å². The maximum absolute atomic E-state index is 12.7. The second-order valence-electron chi connectivity index (χ2n) is 7.23. The summed E-state index contributed by atoms with van der Waals surface area (Å²) in [7, 11) is 0. The van der Waals surface area contributed by atoms with Crippen LogP contribution in [0, 0.1) is 5.92 Å². The van der Waals surface area contributed by atoms with Crippen molar-refractivity contribution in [2.75, 3.05) is 13.1 Å². The Bertz CT molecular complexity index is 871. The second kappa shape index (κ2) is 7.73. The van der Waals surface area contributed by atoms with Gasteiger partial charge in [-0.15, -0.1) is 0 Å². The molecule has 2 aromatic heterocycles. The van der Waals surface area contributed by atoms with Crippen LogP contribution in [0.5, 0.6) is 0 Å². The minimum Gasteiger partial charge on any atom is -0.361 e. The zero-order valence-electron chi connectivity index (χ0n) is 15.0. The van der Waals surface area contributed by atoms with E-state index in [-0.39, 0.29) is 5.91 Å². The van der Waals surface area contributed by atoms with Crippen molar-refractivity contribution in [3.8, 4) is 0 Å². The first-order valence-corrected chi connectivity index (χ1v) is 9.52. The van der Waals surface area contributed by atoms with Crippen LogP contribution in [0.4, 0.5) is 0 Å². The number of hydrogen-bond acceptors (Lipinski definition) is 2. The van der Waals surface area contributed by atoms with Gasteiger partial charge >= 0.3 is 0 Å². The van der Waals surface area contributed by atoms with Gasteiger partial charge in [0.05, 0.1) is 0 Å². The Morgan fingerprint density at radius 1 is 1.19 bits per heavy atom. The summed E-state index contributed by atoms with van der Waals surface area (Å²) in [5, 5.41) is 1.23. The first-order valence-electron chi connectivity index (χ1n) is 9.52. The molecule has 26 heavy (non-hydrogen) atoms. The molecule has 0 aliphatic carbocycles. The Balaban J connectivity index is 1.34. The smallest absolute Gasteiger partial charge is 0.222 e. The number of piperidine rings is 1. The number of hydrogen-bond donors (Lipinski definition) is 1. The largest absolute Gasteiger partial charge is 0.361 e. The fourth-order valence-electron chi connectivity index (χ4n) is 4.01. The van der Waals surface area contributed by atoms with Crippen molar-refractivity contribution in [3.05, 3.63) is 66.1 Å². The van der Waals surface area contributed by atoms with Crippen LogP contribution in [-0.2, 0) is 17.6 Å². The number of nitrogens with one attached hydrogen (secondary N) is 1. The summed E-state index contributed by atoms with van der Waals surface area (Å²) in [5.74, 6) is 0.802. The number of carbonyl (C=O) groups is 1. The maximum Gasteiger partial charge on any atom is 0.222 e. The molecule has 1 aliphatic heterocycles. The molecule has 1 unspecified atom stereocenters. The fraction of sp³-hybridized carbons (Fsp3) is 0.364. The number of aromatic amines is 1. The second-order valence-corrected chi connectivity index (χ2v) is 7.23. The molecule has 1 atom stereocenters. The number of para-hydroxylation sites is 1. The highest BCUT2D eigenvalue weighted by molar-refractivity contribution is 5.84. The van der Waals surface area contributed by atoms with Crippen molar-refractivity contribution in [3.63, 3.8) is 0 Å². The summed E-state index contributed by atoms with van der Waals surface area (Å²) >= 11 is 0. The van der Waals surface area contributed by atoms with E-state index in [4.69, 9.17) is 0 Å². The van der Waals surface area contributed by atoms with Crippen molar-refractivity contribution in [1.82, 2.24) is 14.9 Å². The average molecular weight is 347 g/mol. The molecule has 4 nitrogen and oxygen atoms in total. The van der Waals surface area contributed by atoms with E-state index in [0.717, 1.165) is 43.6 Å². The molecule has 3 aromatic rings. The number of carbonyl (C=O) groups excluding carboxylic acids is 1. The fourth-order valence-corrected chi connectivity index (χ4v) is 4.01. The van der Waals surface area contributed by atoms with Crippen LogP contribution in [0.2, 0.25) is 0 Å². The lowest BCUT2D eigenvalue weighted by Gasteiger charge is -2.32. The molecule has 0 bridgehead atoms. The van der Waals surface area contributed by atoms with Gasteiger partial charge in [0.25, 0.3) is 0 Å². The summed E-state index contributed by atoms with van der Waals surface area (Å²) in [5.41, 5.74) is 3.50. The normalized spacial score (nSPS) is 17.5. The minimum absolute atomic E-state index is 0.279. The molecule has 4 heteroatoms. The third-order valence-electron chi connectivity index (χ3n) is 5.38. The summed E-state index contributed by atoms with van der Waals surface area (Å²) in [6, 6.07) is 14.3. The molecule has 0 spiro atoms. The SMILES string of the molecule is O=C(CCc1c[nH]c2ccccc12)N1CCCC(Cc2ccccn2)C1. The van der Waals surface area contributed by atoms with E-state index in [0.29, 0.717) is 12.3 Å². The molecule has 1 fully saturated rings. The van der Waals surface area contributed by atoms with Gasteiger partial charge in [-0.05, 0) is 55.4 Å². The number of rotatable bonds is 5. The lowest BCUT2D eigenvalue weighted by atomic mass is 9.93. The van der Waals surface area contributed by atoms with Crippen molar-refractivity contribution < 1.29 is 4.79 Å². The molecule has 0 radical (unpaired) electrons. The van der Waals surface area contributed by atoms with Crippen molar-refractivity contribution >= 4 is 16.8 Å². The number of pyridine rings is 1. The van der Waals surface area contributed by atoms with Crippen LogP contribution >= 0.6 is 0 Å². The molecule has 3 heterocycles. The number of fused-ring (bicyclic) bond motifs is 1. The zero-order valence-corrected chi connectivity index (χ0v) is 15.0. The highest BCUT2D eigenvalue weighted by Gasteiger charge is 2.24. The molecule has 0 saturated carbocycles. The van der Waals surface area contributed by atoms with Gasteiger partial charge < -0.3 is 9.88 Å². The van der Waals surface area contributed by atoms with E-state index in [1.807, 2.05) is 36.7 Å². The van der Waals surface area contributed by atoms with Gasteiger partial charge in [0.15, 0.2) is 0 Å². The summed E-state index contributed by atoms with van der Waals surface area (Å²) < 4.78 is 0. The van der Waals surface area contributed by atoms with Gasteiger partial charge in [0.2, 0.25) is 5.91 Å². The monoisotopic (exact) mass is 347 g/mol. The first kappa shape index (κ1) is 16.8. The van der Waals surface area contributed by atoms with E-state index in [9.17, 15) is 4.79 Å². The molecule has 134 valence electrons. The van der Waals surface area contributed by atoms with Crippen LogP contribution in [0.3, 0.4) is 0 Å². The molecule has 4 rings (SSSR count). The van der Waals surface area contributed by atoms with Crippen LogP contribution in [-0.4, -0.2) is 33.9 Å². The Morgan fingerprint density at radius 2 is 2.08 bits per heavy atom. The Kier molecular flexibility index (Phi) is 5.00. The first-order chi connectivity index (χ1) is 12.8. The number of H-pyrrole nitrogens is 1. The number of nitrogens with zero attached hydrogens (tertiary/aromatic N) is 2. The van der Waals surface area contributed by atoms with Gasteiger partial charge in [-0.1, -0.05) is 24.3 Å². The van der Waals surface area contributed by atoms with E-state index in [2.05, 4.69) is 33.1 Å². The number of benzene rings is 1. The molecular weight excluding hydrogens is 322 g/mol. The third kappa shape index (κ3) is 3.79. The Morgan fingerprint density at radius 3 is 2.96 bits per heavy atom. The predicted molar refractivity (Wildman–Crippen MR) is 104 cm³/mol. The standard InChI is InChI=1S/C22H25N3O/c26-22(11-10-18-15-24-21-9-2-1-8-20(18)21)25-13-5-6-17(16-25)14-19-7-3-4-12-23-19/h1-4,7-9,12,15,17,24H,5-6,10-11,13-14,16H2. The zero-order chi connectivity index (χ0) is 17.8. The molecular formula is C22H25N3O. The number of aryl methyl sites for hydroxylation is 1. The van der Waals surface area contributed by atoms with E-state index in [1.165, 1.54) is 17.4 Å².